The highest BCUT2D eigenvalue weighted by molar-refractivity contribution is 5.29. The van der Waals surface area contributed by atoms with E-state index in [4.69, 9.17) is 4.74 Å². The predicted molar refractivity (Wildman–Crippen MR) is 65.9 cm³/mol. The zero-order valence-corrected chi connectivity index (χ0v) is 10.3. The molecule has 1 aromatic carbocycles. The molecule has 0 aliphatic rings. The van der Waals surface area contributed by atoms with Crippen molar-refractivity contribution in [3.8, 4) is 5.75 Å². The van der Waals surface area contributed by atoms with Crippen molar-refractivity contribution in [3.05, 3.63) is 29.8 Å². The van der Waals surface area contributed by atoms with Gasteiger partial charge >= 0.3 is 0 Å². The Labute approximate surface area is 97.4 Å². The van der Waals surface area contributed by atoms with Gasteiger partial charge in [-0.25, -0.2) is 0 Å². The molecule has 0 bridgehead atoms. The molecule has 0 aliphatic carbocycles. The maximum atomic E-state index is 10.2. The first-order chi connectivity index (χ1) is 7.57. The number of ether oxygens (including phenoxy) is 1. The molecule has 0 saturated carbocycles. The Balaban J connectivity index is 2.63. The molecule has 1 atom stereocenters. The van der Waals surface area contributed by atoms with Crippen LogP contribution >= 0.6 is 0 Å². The number of hydrogen-bond acceptors (Lipinski definition) is 3. The normalized spacial score (nSPS) is 14.5. The molecule has 16 heavy (non-hydrogen) atoms. The van der Waals surface area contributed by atoms with Gasteiger partial charge in [0.15, 0.2) is 0 Å². The van der Waals surface area contributed by atoms with Crippen LogP contribution in [0.4, 0.5) is 0 Å². The Morgan fingerprint density at radius 3 is 2.81 bits per heavy atom. The first-order valence-corrected chi connectivity index (χ1v) is 5.63. The molecule has 1 rings (SSSR count). The van der Waals surface area contributed by atoms with Crippen molar-refractivity contribution >= 4 is 0 Å². The minimum absolute atomic E-state index is 0.598. The highest BCUT2D eigenvalue weighted by Gasteiger charge is 2.20. The van der Waals surface area contributed by atoms with Gasteiger partial charge in [0, 0.05) is 13.0 Å². The van der Waals surface area contributed by atoms with Crippen LogP contribution in [0.3, 0.4) is 0 Å². The van der Waals surface area contributed by atoms with Gasteiger partial charge in [0.05, 0.1) is 12.7 Å². The lowest BCUT2D eigenvalue weighted by Gasteiger charge is -2.23. The Bertz CT molecular complexity index is 323. The molecule has 0 aromatic heterocycles. The molecule has 1 aromatic rings. The molecule has 0 fully saturated rings. The largest absolute Gasteiger partial charge is 0.497 e. The quantitative estimate of drug-likeness (QED) is 0.769. The molecule has 0 radical (unpaired) electrons. The third-order valence-electron chi connectivity index (χ3n) is 2.47. The minimum Gasteiger partial charge on any atom is -0.497 e. The van der Waals surface area contributed by atoms with Gasteiger partial charge in [0.25, 0.3) is 0 Å². The number of hydrogen-bond donors (Lipinski definition) is 2. The summed E-state index contributed by atoms with van der Waals surface area (Å²) in [7, 11) is 1.65. The first kappa shape index (κ1) is 13.0. The number of aliphatic hydroxyl groups is 1. The fraction of sp³-hybridized carbons (Fsp3) is 0.538. The van der Waals surface area contributed by atoms with Gasteiger partial charge in [0.2, 0.25) is 0 Å². The van der Waals surface area contributed by atoms with Crippen molar-refractivity contribution in [3.63, 3.8) is 0 Å². The van der Waals surface area contributed by atoms with Crippen LogP contribution in [0, 0.1) is 0 Å². The average molecular weight is 223 g/mol. The zero-order valence-electron chi connectivity index (χ0n) is 10.3. The summed E-state index contributed by atoms with van der Waals surface area (Å²) in [6, 6.07) is 7.81. The molecule has 90 valence electrons. The van der Waals surface area contributed by atoms with E-state index in [-0.39, 0.29) is 0 Å². The molecule has 0 saturated heterocycles. The summed E-state index contributed by atoms with van der Waals surface area (Å²) in [5.41, 5.74) is 0.366. The van der Waals surface area contributed by atoms with Gasteiger partial charge in [-0.05, 0) is 31.2 Å². The first-order valence-electron chi connectivity index (χ1n) is 5.63. The second kappa shape index (κ2) is 5.87. The van der Waals surface area contributed by atoms with Crippen molar-refractivity contribution in [1.29, 1.82) is 0 Å². The Morgan fingerprint density at radius 1 is 1.44 bits per heavy atom. The molecule has 3 heteroatoms. The zero-order chi connectivity index (χ0) is 12.0. The van der Waals surface area contributed by atoms with E-state index < -0.39 is 5.60 Å². The van der Waals surface area contributed by atoms with E-state index in [2.05, 4.69) is 5.32 Å². The Kier molecular flexibility index (Phi) is 4.77. The van der Waals surface area contributed by atoms with Crippen LogP contribution in [-0.4, -0.2) is 30.9 Å². The maximum Gasteiger partial charge on any atom is 0.119 e. The summed E-state index contributed by atoms with van der Waals surface area (Å²) < 4.78 is 5.15. The summed E-state index contributed by atoms with van der Waals surface area (Å²) in [4.78, 5) is 0. The van der Waals surface area contributed by atoms with E-state index in [1.165, 1.54) is 0 Å². The maximum absolute atomic E-state index is 10.2. The highest BCUT2D eigenvalue weighted by Crippen LogP contribution is 2.17. The lowest BCUT2D eigenvalue weighted by Crippen LogP contribution is -2.39. The van der Waals surface area contributed by atoms with Gasteiger partial charge in [0.1, 0.15) is 5.75 Å². The van der Waals surface area contributed by atoms with Crippen LogP contribution in [-0.2, 0) is 6.42 Å². The summed E-state index contributed by atoms with van der Waals surface area (Å²) in [6.07, 6.45) is 0.622. The van der Waals surface area contributed by atoms with Crippen LogP contribution in [0.25, 0.3) is 0 Å². The lowest BCUT2D eigenvalue weighted by molar-refractivity contribution is 0.0607. The standard InChI is InChI=1S/C13H21NO2/c1-4-14-10-13(2,15)9-11-6-5-7-12(8-11)16-3/h5-8,14-15H,4,9-10H2,1-3H3. The molecule has 3 nitrogen and oxygen atoms in total. The van der Waals surface area contributed by atoms with Crippen molar-refractivity contribution in [2.45, 2.75) is 25.9 Å². The third kappa shape index (κ3) is 4.21. The second-order valence-corrected chi connectivity index (χ2v) is 4.31. The molecular weight excluding hydrogens is 202 g/mol. The summed E-state index contributed by atoms with van der Waals surface area (Å²) in [6.45, 7) is 5.34. The summed E-state index contributed by atoms with van der Waals surface area (Å²) >= 11 is 0. The Morgan fingerprint density at radius 2 is 2.19 bits per heavy atom. The SMILES string of the molecule is CCNCC(C)(O)Cc1cccc(OC)c1. The number of rotatable bonds is 6. The van der Waals surface area contributed by atoms with Crippen LogP contribution in [0.5, 0.6) is 5.75 Å². The number of nitrogens with one attached hydrogen (secondary N) is 1. The van der Waals surface area contributed by atoms with Gasteiger partial charge < -0.3 is 15.2 Å². The highest BCUT2D eigenvalue weighted by atomic mass is 16.5. The van der Waals surface area contributed by atoms with Gasteiger partial charge in [-0.2, -0.15) is 0 Å². The van der Waals surface area contributed by atoms with E-state index in [0.29, 0.717) is 13.0 Å². The fourth-order valence-corrected chi connectivity index (χ4v) is 1.68. The molecule has 0 amide bonds. The monoisotopic (exact) mass is 223 g/mol. The van der Waals surface area contributed by atoms with E-state index >= 15 is 0 Å². The topological polar surface area (TPSA) is 41.5 Å². The van der Waals surface area contributed by atoms with Gasteiger partial charge in [-0.3, -0.25) is 0 Å². The van der Waals surface area contributed by atoms with Gasteiger partial charge in [-0.15, -0.1) is 0 Å². The smallest absolute Gasteiger partial charge is 0.119 e. The van der Waals surface area contributed by atoms with Crippen molar-refractivity contribution in [1.82, 2.24) is 5.32 Å². The van der Waals surface area contributed by atoms with Gasteiger partial charge in [-0.1, -0.05) is 19.1 Å². The van der Waals surface area contributed by atoms with E-state index in [0.717, 1.165) is 17.9 Å². The Hall–Kier alpha value is -1.06. The van der Waals surface area contributed by atoms with Crippen LogP contribution in [0.2, 0.25) is 0 Å². The minimum atomic E-state index is -0.720. The van der Waals surface area contributed by atoms with E-state index in [9.17, 15) is 5.11 Å². The predicted octanol–water partition coefficient (Wildman–Crippen LogP) is 1.60. The summed E-state index contributed by atoms with van der Waals surface area (Å²) in [5.74, 6) is 0.830. The molecule has 2 N–H and O–H groups in total. The molecular formula is C13H21NO2. The fourth-order valence-electron chi connectivity index (χ4n) is 1.68. The molecule has 1 unspecified atom stereocenters. The van der Waals surface area contributed by atoms with Crippen molar-refractivity contribution < 1.29 is 9.84 Å². The third-order valence-corrected chi connectivity index (χ3v) is 2.47. The number of methoxy groups -OCH3 is 1. The summed E-state index contributed by atoms with van der Waals surface area (Å²) in [5, 5.41) is 13.3. The van der Waals surface area contributed by atoms with E-state index in [1.54, 1.807) is 7.11 Å². The molecule has 0 aliphatic heterocycles. The number of benzene rings is 1. The van der Waals surface area contributed by atoms with Crippen LogP contribution < -0.4 is 10.1 Å². The lowest BCUT2D eigenvalue weighted by atomic mass is 9.96. The van der Waals surface area contributed by atoms with Crippen molar-refractivity contribution in [2.24, 2.45) is 0 Å². The molecule has 0 spiro atoms. The molecule has 0 heterocycles. The van der Waals surface area contributed by atoms with Crippen LogP contribution in [0.1, 0.15) is 19.4 Å². The average Bonchev–Trinajstić information content (AvgIpc) is 2.26. The van der Waals surface area contributed by atoms with E-state index in [1.807, 2.05) is 38.1 Å². The van der Waals surface area contributed by atoms with Crippen molar-refractivity contribution in [2.75, 3.05) is 20.2 Å². The van der Waals surface area contributed by atoms with Crippen LogP contribution in [0.15, 0.2) is 24.3 Å². The number of likely N-dealkylation sites (N-methyl/N-ethyl adjacent to an activating group) is 1. The second-order valence-electron chi connectivity index (χ2n) is 4.31.